The molecule has 5 rings (SSSR count). The average molecular weight is 920 g/mol. The van der Waals surface area contributed by atoms with Gasteiger partial charge in [-0.2, -0.15) is 30.4 Å². The number of phenolic OH excluding ortho intramolecular Hbond substituents is 3. The van der Waals surface area contributed by atoms with Gasteiger partial charge in [-0.25, -0.2) is 0 Å². The highest BCUT2D eigenvalue weighted by Crippen LogP contribution is 2.47. The lowest BCUT2D eigenvalue weighted by molar-refractivity contribution is 0.198. The van der Waals surface area contributed by atoms with Gasteiger partial charge in [0.05, 0.1) is 29.2 Å². The predicted molar refractivity (Wildman–Crippen MR) is 219 cm³/mol. The molecule has 23 nitrogen and oxygen atoms in total. The molecule has 0 fully saturated rings. The molecule has 8 N–H and O–H groups in total. The lowest BCUT2D eigenvalue weighted by Gasteiger charge is -2.21. The van der Waals surface area contributed by atoms with Gasteiger partial charge in [-0.15, -0.1) is 25.6 Å². The van der Waals surface area contributed by atoms with Gasteiger partial charge in [-0.05, 0) is 61.7 Å². The second-order valence-electron chi connectivity index (χ2n) is 12.6. The molecule has 0 aliphatic carbocycles. The van der Waals surface area contributed by atoms with E-state index in [1.807, 2.05) is 18.7 Å². The largest absolute Gasteiger partial charge is 0.507 e. The van der Waals surface area contributed by atoms with Gasteiger partial charge in [0.15, 0.2) is 5.75 Å². The van der Waals surface area contributed by atoms with E-state index in [9.17, 15) is 64.4 Å². The number of aliphatic hydroxyl groups is 2. The van der Waals surface area contributed by atoms with Gasteiger partial charge in [0.2, 0.25) is 0 Å². The predicted octanol–water partition coefficient (Wildman–Crippen LogP) is 6.53. The van der Waals surface area contributed by atoms with Crippen molar-refractivity contribution < 1.29 is 73.9 Å². The molecular weight excluding hydrogens is 883 g/mol. The molecule has 0 amide bonds. The number of hydrogen-bond acceptors (Lipinski definition) is 20. The van der Waals surface area contributed by atoms with Crippen LogP contribution < -0.4 is 14.4 Å². The summed E-state index contributed by atoms with van der Waals surface area (Å²) in [6.45, 7) is 3.43. The average Bonchev–Trinajstić information content (AvgIpc) is 3.20. The Morgan fingerprint density at radius 1 is 0.565 bits per heavy atom. The Morgan fingerprint density at radius 3 is 1.65 bits per heavy atom. The third-order valence-corrected chi connectivity index (χ3v) is 11.1. The van der Waals surface area contributed by atoms with E-state index >= 15 is 0 Å². The molecule has 0 saturated heterocycles. The Morgan fingerprint density at radius 2 is 1.11 bits per heavy atom. The molecule has 0 aliphatic rings. The Bertz CT molecular complexity index is 2940. The number of benzene rings is 5. The quantitative estimate of drug-likeness (QED) is 0.0342. The Balaban J connectivity index is 1.58. The molecule has 0 spiro atoms. The molecule has 62 heavy (non-hydrogen) atoms. The van der Waals surface area contributed by atoms with Crippen molar-refractivity contribution in [2.45, 2.75) is 28.5 Å². The third-order valence-electron chi connectivity index (χ3n) is 8.52. The van der Waals surface area contributed by atoms with Crippen molar-refractivity contribution in [2.75, 3.05) is 44.4 Å². The molecule has 0 unspecified atom stereocenters. The second-order valence-corrected chi connectivity index (χ2v) is 16.8. The SMILES string of the molecule is CCN(CC)c1ccc(/N=N/c2ccc(/N=N/c3cc(OCCO)c(/N=N/c4c(S(=O)(=O)O)cc5cc(S(=O)(=O)O)cc(O)c5c4O)cc3OCCO)c(S(=O)(=O)O)c2)c(O)c1. The van der Waals surface area contributed by atoms with E-state index in [0.717, 1.165) is 30.0 Å². The van der Waals surface area contributed by atoms with Crippen LogP contribution in [0, 0.1) is 0 Å². The van der Waals surface area contributed by atoms with E-state index in [1.54, 1.807) is 6.07 Å². The summed E-state index contributed by atoms with van der Waals surface area (Å²) in [6, 6.07) is 12.2. The molecule has 0 bridgehead atoms. The number of phenols is 3. The number of aliphatic hydroxyl groups excluding tert-OH is 2. The van der Waals surface area contributed by atoms with Crippen LogP contribution in [-0.2, 0) is 30.4 Å². The van der Waals surface area contributed by atoms with Gasteiger partial charge in [0.1, 0.15) is 74.4 Å². The fourth-order valence-corrected chi connectivity index (χ4v) is 7.51. The number of aromatic hydroxyl groups is 3. The van der Waals surface area contributed by atoms with Crippen LogP contribution in [0.25, 0.3) is 10.8 Å². The van der Waals surface area contributed by atoms with Gasteiger partial charge >= 0.3 is 0 Å². The van der Waals surface area contributed by atoms with Crippen molar-refractivity contribution in [1.29, 1.82) is 0 Å². The topological polar surface area (TPSA) is 360 Å². The van der Waals surface area contributed by atoms with E-state index in [4.69, 9.17) is 9.47 Å². The number of ether oxygens (including phenoxy) is 2. The second kappa shape index (κ2) is 19.1. The van der Waals surface area contributed by atoms with Crippen molar-refractivity contribution in [2.24, 2.45) is 30.7 Å². The monoisotopic (exact) mass is 919 g/mol. The van der Waals surface area contributed by atoms with Crippen molar-refractivity contribution in [1.82, 2.24) is 0 Å². The van der Waals surface area contributed by atoms with Crippen LogP contribution in [0.4, 0.5) is 39.8 Å². The number of hydrogen-bond donors (Lipinski definition) is 8. The van der Waals surface area contributed by atoms with E-state index in [-0.39, 0.29) is 46.6 Å². The summed E-state index contributed by atoms with van der Waals surface area (Å²) in [7, 11) is -15.2. The number of anilines is 1. The summed E-state index contributed by atoms with van der Waals surface area (Å²) in [5.74, 6) is -2.77. The van der Waals surface area contributed by atoms with Crippen molar-refractivity contribution >= 4 is 80.9 Å². The van der Waals surface area contributed by atoms with E-state index in [2.05, 4.69) is 30.7 Å². The number of rotatable bonds is 18. The molecule has 0 aromatic heterocycles. The molecule has 0 atom stereocenters. The molecule has 330 valence electrons. The maximum atomic E-state index is 12.5. The van der Waals surface area contributed by atoms with Crippen LogP contribution in [-0.4, -0.2) is 104 Å². The minimum Gasteiger partial charge on any atom is -0.507 e. The Hall–Kier alpha value is -6.39. The third kappa shape index (κ3) is 10.9. The van der Waals surface area contributed by atoms with Gasteiger partial charge in [-0.1, -0.05) is 0 Å². The maximum absolute atomic E-state index is 12.5. The minimum absolute atomic E-state index is 0.0692. The van der Waals surface area contributed by atoms with Crippen LogP contribution in [0.2, 0.25) is 0 Å². The Labute approximate surface area is 352 Å². The first kappa shape index (κ1) is 46.7. The molecule has 5 aromatic carbocycles. The molecule has 0 radical (unpaired) electrons. The summed E-state index contributed by atoms with van der Waals surface area (Å²) < 4.78 is 114. The number of fused-ring (bicyclic) bond motifs is 1. The van der Waals surface area contributed by atoms with E-state index in [0.29, 0.717) is 31.3 Å². The van der Waals surface area contributed by atoms with Crippen molar-refractivity contribution in [3.05, 3.63) is 66.7 Å². The smallest absolute Gasteiger partial charge is 0.296 e. The minimum atomic E-state index is -5.27. The van der Waals surface area contributed by atoms with Crippen LogP contribution in [0.1, 0.15) is 13.8 Å². The van der Waals surface area contributed by atoms with Crippen LogP contribution in [0.15, 0.2) is 112 Å². The van der Waals surface area contributed by atoms with Crippen molar-refractivity contribution in [3.8, 4) is 28.7 Å². The normalized spacial score (nSPS) is 12.6. The van der Waals surface area contributed by atoms with Crippen LogP contribution >= 0.6 is 0 Å². The molecule has 26 heteroatoms. The van der Waals surface area contributed by atoms with Gasteiger partial charge in [-0.3, -0.25) is 13.7 Å². The zero-order valence-electron chi connectivity index (χ0n) is 32.3. The molecular formula is C36H37N7O16S3. The number of azo groups is 3. The summed E-state index contributed by atoms with van der Waals surface area (Å²) in [4.78, 5) is -0.767. The van der Waals surface area contributed by atoms with Gasteiger partial charge in [0.25, 0.3) is 30.4 Å². The highest BCUT2D eigenvalue weighted by molar-refractivity contribution is 7.86. The van der Waals surface area contributed by atoms with E-state index in [1.165, 1.54) is 18.2 Å². The number of nitrogens with zero attached hydrogens (tertiary/aromatic N) is 7. The highest BCUT2D eigenvalue weighted by Gasteiger charge is 2.26. The first-order valence-corrected chi connectivity index (χ1v) is 22.1. The first-order valence-electron chi connectivity index (χ1n) is 17.8. The van der Waals surface area contributed by atoms with Gasteiger partial charge < -0.3 is 39.9 Å². The zero-order chi connectivity index (χ0) is 45.6. The summed E-state index contributed by atoms with van der Waals surface area (Å²) in [6.07, 6.45) is 0. The van der Waals surface area contributed by atoms with Crippen LogP contribution in [0.5, 0.6) is 28.7 Å². The lowest BCUT2D eigenvalue weighted by Crippen LogP contribution is -2.21. The zero-order valence-corrected chi connectivity index (χ0v) is 34.7. The van der Waals surface area contributed by atoms with Crippen molar-refractivity contribution in [3.63, 3.8) is 0 Å². The van der Waals surface area contributed by atoms with Gasteiger partial charge in [0, 0.05) is 43.0 Å². The summed E-state index contributed by atoms with van der Waals surface area (Å²) in [5.41, 5.74) is -1.20. The first-order chi connectivity index (χ1) is 29.2. The standard InChI is InChI=1S/C36H37N7O16S3/c1-3-43(4-2)22-6-8-24(28(46)16-22)38-37-21-5-7-25(32(15-21)61(52,53)54)39-40-26-18-31(59-12-10-45)27(19-30(26)58-11-9-44)41-42-35-33(62(55,56)57)14-20-13-23(60(49,50)51)17-29(47)34(20)36(35)48/h5-8,13-19,44-48H,3-4,9-12H2,1-2H3,(H,49,50,51)(H,52,53,54)(H,55,56,57)/b38-37+,40-39+,42-41+. The molecule has 5 aromatic rings. The summed E-state index contributed by atoms with van der Waals surface area (Å²) in [5, 5.41) is 73.6. The molecule has 0 saturated carbocycles. The maximum Gasteiger partial charge on any atom is 0.296 e. The van der Waals surface area contributed by atoms with E-state index < -0.39 is 98.5 Å². The molecule has 0 aliphatic heterocycles. The van der Waals surface area contributed by atoms with Crippen LogP contribution in [0.3, 0.4) is 0 Å². The fourth-order valence-electron chi connectivity index (χ4n) is 5.68. The highest BCUT2D eigenvalue weighted by atomic mass is 32.2. The fraction of sp³-hybridized carbons (Fsp3) is 0.222. The Kier molecular flexibility index (Phi) is 14.4. The summed E-state index contributed by atoms with van der Waals surface area (Å²) >= 11 is 0. The molecule has 0 heterocycles. The lowest BCUT2D eigenvalue weighted by atomic mass is 10.1.